The number of hydrogen-bond acceptors (Lipinski definition) is 12. The Bertz CT molecular complexity index is 2940. The van der Waals surface area contributed by atoms with Crippen LogP contribution in [-0.2, 0) is 32.7 Å². The SMILES string of the molecule is CCn1nc(C)cc1C(=O)Nc1nc2cc(C(N)=O)cc(NCc3ccc(OC)cc3)c2n1C/C=C/Cn1c(NC(=O)c2c(N)c(C)nn2CC)nc2cc(C(N)=O)cc(OC)c21. The van der Waals surface area contributed by atoms with Crippen LogP contribution in [0.1, 0.15) is 72.5 Å². The number of nitrogens with two attached hydrogens (primary N) is 3. The van der Waals surface area contributed by atoms with E-state index in [0.717, 1.165) is 5.56 Å². The van der Waals surface area contributed by atoms with Gasteiger partial charge in [-0.2, -0.15) is 10.2 Å². The van der Waals surface area contributed by atoms with Crippen LogP contribution in [-0.4, -0.2) is 76.5 Å². The molecule has 0 atom stereocenters. The number of anilines is 4. The number of nitrogens with one attached hydrogen (secondary N) is 3. The molecule has 4 aromatic heterocycles. The number of fused-ring (bicyclic) bond motifs is 2. The number of allylic oxidation sites excluding steroid dienone is 2. The highest BCUT2D eigenvalue weighted by molar-refractivity contribution is 6.08. The molecule has 0 aliphatic rings. The van der Waals surface area contributed by atoms with Gasteiger partial charge in [-0.05, 0) is 75.7 Å². The number of aromatic nitrogens is 8. The highest BCUT2D eigenvalue weighted by Crippen LogP contribution is 2.33. The van der Waals surface area contributed by atoms with Gasteiger partial charge in [0.25, 0.3) is 11.8 Å². The molecule has 20 nitrogen and oxygen atoms in total. The molecule has 4 amide bonds. The first-order valence-corrected chi connectivity index (χ1v) is 20.0. The molecule has 0 aliphatic heterocycles. The van der Waals surface area contributed by atoms with Crippen molar-refractivity contribution in [2.45, 2.75) is 60.4 Å². The second kappa shape index (κ2) is 17.8. The molecule has 0 saturated heterocycles. The zero-order chi connectivity index (χ0) is 45.1. The van der Waals surface area contributed by atoms with Crippen molar-refractivity contribution in [2.75, 3.05) is 35.9 Å². The van der Waals surface area contributed by atoms with Crippen LogP contribution in [0.5, 0.6) is 11.5 Å². The van der Waals surface area contributed by atoms with E-state index in [1.165, 1.54) is 23.9 Å². The van der Waals surface area contributed by atoms with Gasteiger partial charge < -0.3 is 41.1 Å². The maximum atomic E-state index is 13.8. The van der Waals surface area contributed by atoms with Gasteiger partial charge in [0.1, 0.15) is 28.4 Å². The second-order valence-corrected chi connectivity index (χ2v) is 14.5. The third-order valence-electron chi connectivity index (χ3n) is 10.4. The van der Waals surface area contributed by atoms with E-state index in [-0.39, 0.29) is 47.5 Å². The van der Waals surface area contributed by atoms with Crippen molar-refractivity contribution in [1.29, 1.82) is 0 Å². The van der Waals surface area contributed by atoms with Crippen molar-refractivity contribution in [3.05, 3.63) is 106 Å². The monoisotopic (exact) mass is 856 g/mol. The Hall–Kier alpha value is -8.16. The summed E-state index contributed by atoms with van der Waals surface area (Å²) < 4.78 is 17.6. The van der Waals surface area contributed by atoms with Gasteiger partial charge >= 0.3 is 0 Å². The standard InChI is InChI=1S/C43H48N14O6/c1-7-56-32(17-23(3)52-56)40(60)50-42-48-30-19-26(38(45)58)18-29(47-22-25-11-13-28(62-5)14-12-25)35(30)54(42)15-9-10-16-55-36-31(20-27(39(46)59)21-33(36)63-6)49-43(55)51-41(61)37-34(44)24(4)53-57(37)8-2/h9-14,17-21,47H,7-8,15-16,22,44H2,1-6H3,(H2,45,58)(H2,46,59)(H,48,50,60)(H,49,51,61)/b10-9+. The van der Waals surface area contributed by atoms with Gasteiger partial charge in [-0.15, -0.1) is 0 Å². The first kappa shape index (κ1) is 42.9. The molecule has 63 heavy (non-hydrogen) atoms. The first-order valence-electron chi connectivity index (χ1n) is 20.0. The lowest BCUT2D eigenvalue weighted by molar-refractivity contribution is 0.0992. The van der Waals surface area contributed by atoms with Crippen LogP contribution >= 0.6 is 0 Å². The molecule has 326 valence electrons. The number of primary amides is 2. The summed E-state index contributed by atoms with van der Waals surface area (Å²) in [5.41, 5.74) is 23.3. The molecule has 7 rings (SSSR count). The fourth-order valence-corrected chi connectivity index (χ4v) is 7.28. The molecule has 3 aromatic carbocycles. The fraction of sp³-hybridized carbons (Fsp3) is 0.256. The molecule has 0 fully saturated rings. The van der Waals surface area contributed by atoms with E-state index in [1.807, 2.05) is 50.3 Å². The predicted octanol–water partition coefficient (Wildman–Crippen LogP) is 4.61. The van der Waals surface area contributed by atoms with Gasteiger partial charge in [0.2, 0.25) is 23.7 Å². The highest BCUT2D eigenvalue weighted by atomic mass is 16.5. The van der Waals surface area contributed by atoms with E-state index in [1.54, 1.807) is 53.0 Å². The second-order valence-electron chi connectivity index (χ2n) is 14.5. The Balaban J connectivity index is 1.30. The Kier molecular flexibility index (Phi) is 12.1. The molecule has 20 heteroatoms. The number of amides is 4. The summed E-state index contributed by atoms with van der Waals surface area (Å²) in [5.74, 6) is -0.994. The van der Waals surface area contributed by atoms with Crippen molar-refractivity contribution in [3.8, 4) is 11.5 Å². The highest BCUT2D eigenvalue weighted by Gasteiger charge is 2.25. The Morgan fingerprint density at radius 3 is 1.90 bits per heavy atom. The summed E-state index contributed by atoms with van der Waals surface area (Å²) >= 11 is 0. The van der Waals surface area contributed by atoms with Gasteiger partial charge in [-0.1, -0.05) is 24.3 Å². The zero-order valence-electron chi connectivity index (χ0n) is 35.6. The third kappa shape index (κ3) is 8.58. The summed E-state index contributed by atoms with van der Waals surface area (Å²) in [4.78, 5) is 62.0. The minimum atomic E-state index is -0.684. The maximum absolute atomic E-state index is 13.8. The normalized spacial score (nSPS) is 11.4. The minimum Gasteiger partial charge on any atom is -0.497 e. The molecule has 0 radical (unpaired) electrons. The molecular weight excluding hydrogens is 809 g/mol. The molecule has 4 heterocycles. The van der Waals surface area contributed by atoms with Crippen LogP contribution in [0.2, 0.25) is 0 Å². The average Bonchev–Trinajstić information content (AvgIpc) is 4.01. The number of methoxy groups -OCH3 is 2. The van der Waals surface area contributed by atoms with Gasteiger partial charge in [0.05, 0.1) is 53.5 Å². The number of carbonyl (C=O) groups is 4. The number of carbonyl (C=O) groups excluding carboxylic acids is 4. The van der Waals surface area contributed by atoms with Crippen molar-refractivity contribution in [2.24, 2.45) is 11.5 Å². The topological polar surface area (TPSA) is 272 Å². The number of hydrogen-bond donors (Lipinski definition) is 6. The number of benzene rings is 3. The van der Waals surface area contributed by atoms with Gasteiger partial charge in [0, 0.05) is 43.9 Å². The van der Waals surface area contributed by atoms with E-state index in [0.29, 0.717) is 76.0 Å². The van der Waals surface area contributed by atoms with Crippen LogP contribution in [0.3, 0.4) is 0 Å². The quantitative estimate of drug-likeness (QED) is 0.0686. The molecule has 0 unspecified atom stereocenters. The van der Waals surface area contributed by atoms with E-state index < -0.39 is 23.6 Å². The number of imidazole rings is 2. The Labute approximate surface area is 361 Å². The van der Waals surface area contributed by atoms with Crippen molar-refractivity contribution in [1.82, 2.24) is 38.7 Å². The summed E-state index contributed by atoms with van der Waals surface area (Å²) in [7, 11) is 3.05. The summed E-state index contributed by atoms with van der Waals surface area (Å²) in [6.45, 7) is 8.77. The van der Waals surface area contributed by atoms with Crippen LogP contribution in [0.4, 0.5) is 23.3 Å². The van der Waals surface area contributed by atoms with Gasteiger partial charge in [0.15, 0.2) is 0 Å². The molecule has 0 saturated carbocycles. The van der Waals surface area contributed by atoms with Crippen molar-refractivity contribution < 1.29 is 28.7 Å². The number of aryl methyl sites for hydroxylation is 4. The largest absolute Gasteiger partial charge is 0.497 e. The third-order valence-corrected chi connectivity index (χ3v) is 10.4. The first-order chi connectivity index (χ1) is 30.2. The summed E-state index contributed by atoms with van der Waals surface area (Å²) in [6.07, 6.45) is 3.68. The Morgan fingerprint density at radius 1 is 0.730 bits per heavy atom. The van der Waals surface area contributed by atoms with E-state index >= 15 is 0 Å². The number of nitrogen functional groups attached to an aromatic ring is 1. The zero-order valence-corrected chi connectivity index (χ0v) is 35.6. The van der Waals surface area contributed by atoms with Crippen molar-refractivity contribution >= 4 is 69.0 Å². The van der Waals surface area contributed by atoms with Crippen LogP contribution < -0.4 is 42.6 Å². The molecule has 0 bridgehead atoms. The Morgan fingerprint density at radius 2 is 1.32 bits per heavy atom. The molecular formula is C43H48N14O6. The lowest BCUT2D eigenvalue weighted by atomic mass is 10.1. The molecule has 0 aliphatic carbocycles. The molecule has 7 aromatic rings. The molecule has 9 N–H and O–H groups in total. The van der Waals surface area contributed by atoms with E-state index in [2.05, 4.69) is 31.1 Å². The number of rotatable bonds is 17. The van der Waals surface area contributed by atoms with Crippen molar-refractivity contribution in [3.63, 3.8) is 0 Å². The lowest BCUT2D eigenvalue weighted by Crippen LogP contribution is -2.21. The van der Waals surface area contributed by atoms with Gasteiger partial charge in [-0.25, -0.2) is 9.97 Å². The van der Waals surface area contributed by atoms with E-state index in [9.17, 15) is 19.2 Å². The minimum absolute atomic E-state index is 0.133. The summed E-state index contributed by atoms with van der Waals surface area (Å²) in [5, 5.41) is 18.1. The maximum Gasteiger partial charge on any atom is 0.278 e. The predicted molar refractivity (Wildman–Crippen MR) is 238 cm³/mol. The number of nitrogens with zero attached hydrogens (tertiary/aromatic N) is 8. The molecule has 0 spiro atoms. The van der Waals surface area contributed by atoms with Crippen LogP contribution in [0.15, 0.2) is 66.7 Å². The average molecular weight is 857 g/mol. The number of ether oxygens (including phenoxy) is 2. The fourth-order valence-electron chi connectivity index (χ4n) is 7.28. The van der Waals surface area contributed by atoms with E-state index in [4.69, 9.17) is 31.7 Å². The van der Waals surface area contributed by atoms with Crippen LogP contribution in [0, 0.1) is 13.8 Å². The lowest BCUT2D eigenvalue weighted by Gasteiger charge is -2.14. The van der Waals surface area contributed by atoms with Gasteiger partial charge in [-0.3, -0.25) is 39.2 Å². The smallest absolute Gasteiger partial charge is 0.278 e. The van der Waals surface area contributed by atoms with Crippen LogP contribution in [0.25, 0.3) is 22.1 Å². The summed E-state index contributed by atoms with van der Waals surface area (Å²) in [6, 6.07) is 15.5.